The van der Waals surface area contributed by atoms with Crippen molar-refractivity contribution in [2.45, 2.75) is 13.0 Å². The number of hydrogen-bond donors (Lipinski definition) is 1. The summed E-state index contributed by atoms with van der Waals surface area (Å²) in [6.07, 6.45) is 2.21. The molecule has 0 atom stereocenters. The lowest BCUT2D eigenvalue weighted by Gasteiger charge is -2.11. The van der Waals surface area contributed by atoms with Crippen LogP contribution in [0, 0.1) is 0 Å². The van der Waals surface area contributed by atoms with Crippen LogP contribution in [-0.4, -0.2) is 33.6 Å². The molecule has 0 aliphatic carbocycles. The first-order valence-corrected chi connectivity index (χ1v) is 10.1. The Kier molecular flexibility index (Phi) is 6.25. The van der Waals surface area contributed by atoms with Crippen molar-refractivity contribution in [1.29, 1.82) is 0 Å². The van der Waals surface area contributed by atoms with Gasteiger partial charge in [0.2, 0.25) is 0 Å². The van der Waals surface area contributed by atoms with Crippen LogP contribution in [0.1, 0.15) is 16.3 Å². The maximum Gasteiger partial charge on any atom is 0.269 e. The molecule has 4 aromatic rings. The number of fused-ring (bicyclic) bond motifs is 1. The Morgan fingerprint density at radius 3 is 2.63 bits per heavy atom. The summed E-state index contributed by atoms with van der Waals surface area (Å²) in [5.74, 6) is 1.48. The lowest BCUT2D eigenvalue weighted by molar-refractivity contribution is 0.0949. The summed E-state index contributed by atoms with van der Waals surface area (Å²) in [5, 5.41) is 3.59. The summed E-state index contributed by atoms with van der Waals surface area (Å²) in [4.78, 5) is 21.0. The number of amides is 1. The fourth-order valence-corrected chi connectivity index (χ4v) is 3.35. The molecule has 7 heteroatoms. The first kappa shape index (κ1) is 19.9. The Hall–Kier alpha value is -3.38. The Labute approximate surface area is 179 Å². The number of halogens is 1. The van der Waals surface area contributed by atoms with Crippen LogP contribution in [0.4, 0.5) is 0 Å². The molecule has 0 spiro atoms. The topological polar surface area (TPSA) is 69.0 Å². The number of carbonyl (C=O) groups excluding carboxylic acids is 1. The number of para-hydroxylation sites is 2. The van der Waals surface area contributed by atoms with E-state index in [1.165, 1.54) is 0 Å². The Morgan fingerprint density at radius 2 is 1.83 bits per heavy atom. The zero-order valence-corrected chi connectivity index (χ0v) is 17.0. The summed E-state index contributed by atoms with van der Waals surface area (Å²) >= 11 is 5.92. The van der Waals surface area contributed by atoms with E-state index < -0.39 is 0 Å². The van der Waals surface area contributed by atoms with E-state index in [1.807, 2.05) is 36.4 Å². The van der Waals surface area contributed by atoms with Crippen molar-refractivity contribution in [2.75, 3.05) is 13.2 Å². The van der Waals surface area contributed by atoms with Gasteiger partial charge in [-0.2, -0.15) is 0 Å². The van der Waals surface area contributed by atoms with Gasteiger partial charge in [-0.1, -0.05) is 29.8 Å². The largest absolute Gasteiger partial charge is 0.492 e. The first-order valence-electron chi connectivity index (χ1n) is 9.72. The number of nitrogens with one attached hydrogen (secondary N) is 1. The van der Waals surface area contributed by atoms with Crippen LogP contribution in [0.5, 0.6) is 5.75 Å². The van der Waals surface area contributed by atoms with E-state index in [-0.39, 0.29) is 5.91 Å². The summed E-state index contributed by atoms with van der Waals surface area (Å²) in [7, 11) is 0. The zero-order chi connectivity index (χ0) is 20.8. The molecule has 0 unspecified atom stereocenters. The molecule has 4 rings (SSSR count). The number of carbonyl (C=O) groups is 1. The Bertz CT molecular complexity index is 1130. The number of imidazole rings is 1. The SMILES string of the molecule is O=C(NCCc1nc2ccccc2n1CCOc1ccc(Cl)cc1)c1ccccn1. The van der Waals surface area contributed by atoms with E-state index in [2.05, 4.69) is 14.9 Å². The number of aromatic nitrogens is 3. The normalized spacial score (nSPS) is 10.8. The van der Waals surface area contributed by atoms with Crippen molar-refractivity contribution in [3.05, 3.63) is 89.5 Å². The van der Waals surface area contributed by atoms with Crippen molar-refractivity contribution in [3.8, 4) is 5.75 Å². The molecule has 152 valence electrons. The van der Waals surface area contributed by atoms with Crippen LogP contribution < -0.4 is 10.1 Å². The van der Waals surface area contributed by atoms with Gasteiger partial charge in [0.05, 0.1) is 17.6 Å². The minimum Gasteiger partial charge on any atom is -0.492 e. The Morgan fingerprint density at radius 1 is 1.03 bits per heavy atom. The molecule has 0 saturated heterocycles. The van der Waals surface area contributed by atoms with Gasteiger partial charge in [0.15, 0.2) is 0 Å². The van der Waals surface area contributed by atoms with E-state index in [0.717, 1.165) is 22.6 Å². The van der Waals surface area contributed by atoms with Crippen LogP contribution in [0.15, 0.2) is 72.9 Å². The molecular formula is C23H21ClN4O2. The van der Waals surface area contributed by atoms with Gasteiger partial charge in [-0.05, 0) is 48.5 Å². The summed E-state index contributed by atoms with van der Waals surface area (Å²) in [6.45, 7) is 1.61. The summed E-state index contributed by atoms with van der Waals surface area (Å²) in [5.41, 5.74) is 2.38. The smallest absolute Gasteiger partial charge is 0.269 e. The molecular weight excluding hydrogens is 400 g/mol. The highest BCUT2D eigenvalue weighted by atomic mass is 35.5. The molecule has 1 amide bonds. The van der Waals surface area contributed by atoms with Crippen molar-refractivity contribution in [2.24, 2.45) is 0 Å². The summed E-state index contributed by atoms with van der Waals surface area (Å²) < 4.78 is 7.99. The minimum atomic E-state index is -0.190. The van der Waals surface area contributed by atoms with Gasteiger partial charge >= 0.3 is 0 Å². The molecule has 0 aliphatic heterocycles. The maximum absolute atomic E-state index is 12.2. The monoisotopic (exact) mass is 420 g/mol. The molecule has 2 aromatic heterocycles. The lowest BCUT2D eigenvalue weighted by atomic mass is 10.3. The predicted octanol–water partition coefficient (Wildman–Crippen LogP) is 4.14. The second kappa shape index (κ2) is 9.41. The molecule has 0 aliphatic rings. The highest BCUT2D eigenvalue weighted by Gasteiger charge is 2.12. The molecule has 30 heavy (non-hydrogen) atoms. The third kappa shape index (κ3) is 4.78. The average molecular weight is 421 g/mol. The second-order valence-electron chi connectivity index (χ2n) is 6.69. The van der Waals surface area contributed by atoms with E-state index in [0.29, 0.717) is 36.8 Å². The fraction of sp³-hybridized carbons (Fsp3) is 0.174. The van der Waals surface area contributed by atoms with Gasteiger partial charge in [0, 0.05) is 24.2 Å². The van der Waals surface area contributed by atoms with Crippen LogP contribution in [0.3, 0.4) is 0 Å². The van der Waals surface area contributed by atoms with Crippen LogP contribution in [0.2, 0.25) is 5.02 Å². The van der Waals surface area contributed by atoms with E-state index in [9.17, 15) is 4.79 Å². The first-order chi connectivity index (χ1) is 14.7. The van der Waals surface area contributed by atoms with Gasteiger partial charge in [0.1, 0.15) is 23.9 Å². The number of nitrogens with zero attached hydrogens (tertiary/aromatic N) is 3. The van der Waals surface area contributed by atoms with Gasteiger partial charge in [0.25, 0.3) is 5.91 Å². The van der Waals surface area contributed by atoms with Crippen molar-refractivity contribution in [1.82, 2.24) is 19.9 Å². The maximum atomic E-state index is 12.2. The number of rotatable bonds is 8. The molecule has 0 bridgehead atoms. The molecule has 0 fully saturated rings. The highest BCUT2D eigenvalue weighted by molar-refractivity contribution is 6.30. The molecule has 2 heterocycles. The van der Waals surface area contributed by atoms with E-state index in [4.69, 9.17) is 21.3 Å². The third-order valence-electron chi connectivity index (χ3n) is 4.66. The standard InChI is InChI=1S/C23H21ClN4O2/c24-17-8-10-18(11-9-17)30-16-15-28-21-7-2-1-5-19(21)27-22(28)12-14-26-23(29)20-6-3-4-13-25-20/h1-11,13H,12,14-16H2,(H,26,29). The number of benzene rings is 2. The molecule has 2 aromatic carbocycles. The van der Waals surface area contributed by atoms with Gasteiger partial charge in [-0.15, -0.1) is 0 Å². The van der Waals surface area contributed by atoms with E-state index >= 15 is 0 Å². The molecule has 0 saturated carbocycles. The number of ether oxygens (including phenoxy) is 1. The molecule has 0 radical (unpaired) electrons. The van der Waals surface area contributed by atoms with Crippen LogP contribution in [0.25, 0.3) is 11.0 Å². The Balaban J connectivity index is 1.42. The lowest BCUT2D eigenvalue weighted by Crippen LogP contribution is -2.27. The van der Waals surface area contributed by atoms with Crippen LogP contribution >= 0.6 is 11.6 Å². The van der Waals surface area contributed by atoms with Crippen molar-refractivity contribution < 1.29 is 9.53 Å². The van der Waals surface area contributed by atoms with Crippen molar-refractivity contribution in [3.63, 3.8) is 0 Å². The van der Waals surface area contributed by atoms with E-state index in [1.54, 1.807) is 36.5 Å². The predicted molar refractivity (Wildman–Crippen MR) is 117 cm³/mol. The second-order valence-corrected chi connectivity index (χ2v) is 7.13. The van der Waals surface area contributed by atoms with Crippen LogP contribution in [-0.2, 0) is 13.0 Å². The summed E-state index contributed by atoms with van der Waals surface area (Å²) in [6, 6.07) is 20.6. The van der Waals surface area contributed by atoms with Crippen molar-refractivity contribution >= 4 is 28.5 Å². The molecule has 1 N–H and O–H groups in total. The van der Waals surface area contributed by atoms with Gasteiger partial charge in [-0.25, -0.2) is 4.98 Å². The minimum absolute atomic E-state index is 0.190. The fourth-order valence-electron chi connectivity index (χ4n) is 3.23. The third-order valence-corrected chi connectivity index (χ3v) is 4.91. The van der Waals surface area contributed by atoms with Gasteiger partial charge in [-0.3, -0.25) is 9.78 Å². The number of hydrogen-bond acceptors (Lipinski definition) is 4. The average Bonchev–Trinajstić information content (AvgIpc) is 3.13. The number of pyridine rings is 1. The van der Waals surface area contributed by atoms with Gasteiger partial charge < -0.3 is 14.6 Å². The highest BCUT2D eigenvalue weighted by Crippen LogP contribution is 2.18. The molecule has 6 nitrogen and oxygen atoms in total. The quantitative estimate of drug-likeness (QED) is 0.465. The zero-order valence-electron chi connectivity index (χ0n) is 16.3.